The molecule has 1 heterocycles. The van der Waals surface area contributed by atoms with Gasteiger partial charge in [0.25, 0.3) is 5.56 Å². The summed E-state index contributed by atoms with van der Waals surface area (Å²) in [5.41, 5.74) is -1.44. The summed E-state index contributed by atoms with van der Waals surface area (Å²) >= 11 is 0. The highest BCUT2D eigenvalue weighted by molar-refractivity contribution is 4.88. The summed E-state index contributed by atoms with van der Waals surface area (Å²) in [5.74, 6) is 0. The molecule has 0 amide bonds. The van der Waals surface area contributed by atoms with Crippen molar-refractivity contribution in [3.8, 4) is 0 Å². The fourth-order valence-electron chi connectivity index (χ4n) is 0.479. The minimum atomic E-state index is -0.679. The van der Waals surface area contributed by atoms with Gasteiger partial charge in [-0.2, -0.15) is 5.10 Å². The summed E-state index contributed by atoms with van der Waals surface area (Å²) < 4.78 is 0. The lowest BCUT2D eigenvalue weighted by molar-refractivity contribution is 0.273. The molecule has 0 bridgehead atoms. The minimum Gasteiger partial charge on any atom is -0.390 e. The summed E-state index contributed by atoms with van der Waals surface area (Å²) in [5, 5.41) is 13.6. The van der Waals surface area contributed by atoms with Gasteiger partial charge in [-0.3, -0.25) is 9.78 Å². The number of hydrogen-bond donors (Lipinski definition) is 3. The molecule has 0 radical (unpaired) electrons. The Bertz CT molecular complexity index is 325. The maximum atomic E-state index is 10.6. The van der Waals surface area contributed by atoms with E-state index in [1.807, 2.05) is 10.1 Å². The van der Waals surface area contributed by atoms with Crippen LogP contribution in [0.5, 0.6) is 0 Å². The van der Waals surface area contributed by atoms with Gasteiger partial charge in [0.1, 0.15) is 0 Å². The first kappa shape index (κ1) is 6.69. The zero-order valence-corrected chi connectivity index (χ0v) is 4.92. The van der Waals surface area contributed by atoms with Crippen molar-refractivity contribution in [1.29, 1.82) is 0 Å². The lowest BCUT2D eigenvalue weighted by Crippen LogP contribution is -2.27. The Morgan fingerprint density at radius 1 is 1.50 bits per heavy atom. The second-order valence-corrected chi connectivity index (χ2v) is 1.61. The van der Waals surface area contributed by atoms with Crippen LogP contribution in [0.25, 0.3) is 0 Å². The molecule has 54 valence electrons. The molecule has 10 heavy (non-hydrogen) atoms. The van der Waals surface area contributed by atoms with Gasteiger partial charge in [0, 0.05) is 0 Å². The van der Waals surface area contributed by atoms with Crippen molar-refractivity contribution in [3.63, 3.8) is 0 Å². The molecule has 0 aliphatic carbocycles. The van der Waals surface area contributed by atoms with E-state index >= 15 is 0 Å². The third-order valence-corrected chi connectivity index (χ3v) is 0.931. The number of aromatic nitrogens is 3. The maximum absolute atomic E-state index is 10.6. The van der Waals surface area contributed by atoms with Crippen LogP contribution in [0.4, 0.5) is 0 Å². The molecule has 0 aliphatic rings. The van der Waals surface area contributed by atoms with Gasteiger partial charge in [-0.1, -0.05) is 0 Å². The molecule has 1 rings (SSSR count). The highest BCUT2D eigenvalue weighted by Gasteiger charge is 1.97. The summed E-state index contributed by atoms with van der Waals surface area (Å²) in [4.78, 5) is 22.8. The largest absolute Gasteiger partial charge is 0.390 e. The molecular formula is C4H5N3O3. The Hall–Kier alpha value is -1.43. The van der Waals surface area contributed by atoms with E-state index in [0.717, 1.165) is 0 Å². The number of aromatic amines is 2. The van der Waals surface area contributed by atoms with Crippen LogP contribution in [0.2, 0.25) is 0 Å². The SMILES string of the molecule is O=c1[nH]nc(CO)c(=O)[nH]1. The zero-order chi connectivity index (χ0) is 7.56. The lowest BCUT2D eigenvalue weighted by atomic mass is 10.5. The van der Waals surface area contributed by atoms with Crippen molar-refractivity contribution < 1.29 is 5.11 Å². The van der Waals surface area contributed by atoms with Crippen LogP contribution in [-0.2, 0) is 6.61 Å². The summed E-state index contributed by atoms with van der Waals surface area (Å²) in [7, 11) is 0. The predicted octanol–water partition coefficient (Wildman–Crippen LogP) is -2.05. The van der Waals surface area contributed by atoms with Crippen LogP contribution in [0, 0.1) is 0 Å². The monoisotopic (exact) mass is 143 g/mol. The van der Waals surface area contributed by atoms with Crippen LogP contribution < -0.4 is 11.2 Å². The summed E-state index contributed by atoms with van der Waals surface area (Å²) in [6, 6.07) is 0. The standard InChI is InChI=1S/C4H5N3O3/c8-1-2-3(9)5-4(10)7-6-2/h8H,1H2,(H2,5,7,9,10). The van der Waals surface area contributed by atoms with E-state index in [0.29, 0.717) is 0 Å². The van der Waals surface area contributed by atoms with Crippen LogP contribution >= 0.6 is 0 Å². The molecule has 0 unspecified atom stereocenters. The molecule has 0 aliphatic heterocycles. The third-order valence-electron chi connectivity index (χ3n) is 0.931. The van der Waals surface area contributed by atoms with Gasteiger partial charge in [-0.25, -0.2) is 9.89 Å². The predicted molar refractivity (Wildman–Crippen MR) is 31.4 cm³/mol. The Balaban J connectivity index is 3.34. The number of H-pyrrole nitrogens is 2. The number of nitrogens with one attached hydrogen (secondary N) is 2. The van der Waals surface area contributed by atoms with Crippen molar-refractivity contribution in [2.45, 2.75) is 6.61 Å². The topological polar surface area (TPSA) is 98.8 Å². The molecule has 0 fully saturated rings. The average molecular weight is 143 g/mol. The molecule has 6 heteroatoms. The Morgan fingerprint density at radius 2 is 2.20 bits per heavy atom. The van der Waals surface area contributed by atoms with E-state index in [2.05, 4.69) is 5.10 Å². The zero-order valence-electron chi connectivity index (χ0n) is 4.92. The van der Waals surface area contributed by atoms with Gasteiger partial charge in [0.05, 0.1) is 6.61 Å². The Morgan fingerprint density at radius 3 is 2.70 bits per heavy atom. The van der Waals surface area contributed by atoms with Gasteiger partial charge in [0.15, 0.2) is 5.69 Å². The van der Waals surface area contributed by atoms with E-state index < -0.39 is 17.9 Å². The van der Waals surface area contributed by atoms with Crippen molar-refractivity contribution in [2.75, 3.05) is 0 Å². The molecule has 0 saturated heterocycles. The van der Waals surface area contributed by atoms with Crippen LogP contribution in [0.1, 0.15) is 5.69 Å². The van der Waals surface area contributed by atoms with Crippen molar-refractivity contribution in [3.05, 3.63) is 26.5 Å². The second kappa shape index (κ2) is 2.44. The van der Waals surface area contributed by atoms with Crippen LogP contribution in [0.15, 0.2) is 9.59 Å². The molecular weight excluding hydrogens is 138 g/mol. The van der Waals surface area contributed by atoms with Gasteiger partial charge >= 0.3 is 5.69 Å². The molecule has 6 nitrogen and oxygen atoms in total. The highest BCUT2D eigenvalue weighted by Crippen LogP contribution is 1.73. The van der Waals surface area contributed by atoms with E-state index in [4.69, 9.17) is 5.11 Å². The average Bonchev–Trinajstić information content (AvgIpc) is 1.88. The van der Waals surface area contributed by atoms with Gasteiger partial charge in [-0.15, -0.1) is 0 Å². The number of nitrogens with zero attached hydrogens (tertiary/aromatic N) is 1. The van der Waals surface area contributed by atoms with Gasteiger partial charge in [-0.05, 0) is 0 Å². The van der Waals surface area contributed by atoms with Crippen LogP contribution in [0.3, 0.4) is 0 Å². The van der Waals surface area contributed by atoms with Gasteiger partial charge in [0.2, 0.25) is 0 Å². The summed E-state index contributed by atoms with van der Waals surface area (Å²) in [6.07, 6.45) is 0. The quantitative estimate of drug-likeness (QED) is 0.421. The van der Waals surface area contributed by atoms with Crippen molar-refractivity contribution in [1.82, 2.24) is 15.2 Å². The number of hydrogen-bond acceptors (Lipinski definition) is 4. The first-order valence-corrected chi connectivity index (χ1v) is 2.53. The normalized spacial score (nSPS) is 9.70. The van der Waals surface area contributed by atoms with E-state index in [1.165, 1.54) is 0 Å². The fourth-order valence-corrected chi connectivity index (χ4v) is 0.479. The molecule has 0 saturated carbocycles. The first-order valence-electron chi connectivity index (χ1n) is 2.53. The molecule has 3 N–H and O–H groups in total. The number of aliphatic hydroxyl groups excluding tert-OH is 1. The Kier molecular flexibility index (Phi) is 1.63. The Labute approximate surface area is 54.5 Å². The molecule has 0 spiro atoms. The number of aliphatic hydroxyl groups is 1. The van der Waals surface area contributed by atoms with E-state index in [-0.39, 0.29) is 5.69 Å². The van der Waals surface area contributed by atoms with Crippen molar-refractivity contribution in [2.24, 2.45) is 0 Å². The minimum absolute atomic E-state index is 0.0976. The van der Waals surface area contributed by atoms with Crippen molar-refractivity contribution >= 4 is 0 Å². The maximum Gasteiger partial charge on any atom is 0.342 e. The second-order valence-electron chi connectivity index (χ2n) is 1.61. The van der Waals surface area contributed by atoms with E-state index in [1.54, 1.807) is 0 Å². The highest BCUT2D eigenvalue weighted by atomic mass is 16.3. The van der Waals surface area contributed by atoms with Gasteiger partial charge < -0.3 is 5.11 Å². The molecule has 1 aromatic rings. The number of rotatable bonds is 1. The molecule has 1 aromatic heterocycles. The first-order chi connectivity index (χ1) is 4.74. The summed E-state index contributed by atoms with van der Waals surface area (Å²) in [6.45, 7) is -0.480. The fraction of sp³-hybridized carbons (Fsp3) is 0.250. The van der Waals surface area contributed by atoms with Crippen LogP contribution in [-0.4, -0.2) is 20.3 Å². The smallest absolute Gasteiger partial charge is 0.342 e. The van der Waals surface area contributed by atoms with E-state index in [9.17, 15) is 9.59 Å². The molecule has 0 atom stereocenters. The third kappa shape index (κ3) is 1.11. The lowest BCUT2D eigenvalue weighted by Gasteiger charge is -1.88. The molecule has 0 aromatic carbocycles.